The molecule has 0 aliphatic heterocycles. The molecule has 8 heteroatoms. The molecular formula is C9H14N4O2S2. The van der Waals surface area contributed by atoms with Gasteiger partial charge in [-0.1, -0.05) is 0 Å². The number of isothiocyanates is 2. The Morgan fingerprint density at radius 1 is 1.24 bits per heavy atom. The van der Waals surface area contributed by atoms with E-state index in [2.05, 4.69) is 50.1 Å². The molecule has 0 saturated carbocycles. The van der Waals surface area contributed by atoms with Crippen molar-refractivity contribution < 1.29 is 9.59 Å². The van der Waals surface area contributed by atoms with Crippen LogP contribution >= 0.6 is 24.4 Å². The maximum atomic E-state index is 10.2. The molecule has 0 bridgehead atoms. The van der Waals surface area contributed by atoms with Gasteiger partial charge in [0.15, 0.2) is 0 Å². The molecule has 3 N–H and O–H groups in total. The predicted octanol–water partition coefficient (Wildman–Crippen LogP) is 0.190. The van der Waals surface area contributed by atoms with Crippen molar-refractivity contribution in [2.24, 2.45) is 15.7 Å². The Balaban J connectivity index is 0. The van der Waals surface area contributed by atoms with Crippen LogP contribution in [0.1, 0.15) is 13.3 Å². The van der Waals surface area contributed by atoms with Gasteiger partial charge in [-0.2, -0.15) is 0 Å². The molecule has 0 aliphatic rings. The highest BCUT2D eigenvalue weighted by atomic mass is 32.1. The highest BCUT2D eigenvalue weighted by Crippen LogP contribution is 1.75. The summed E-state index contributed by atoms with van der Waals surface area (Å²) in [7, 11) is 0. The summed E-state index contributed by atoms with van der Waals surface area (Å²) in [5.41, 5.74) is 4.77. The van der Waals surface area contributed by atoms with Crippen LogP contribution in [0.15, 0.2) is 9.98 Å². The number of nitrogens with two attached hydrogens (primary N) is 1. The molecule has 17 heavy (non-hydrogen) atoms. The van der Waals surface area contributed by atoms with Crippen LogP contribution in [0.25, 0.3) is 0 Å². The molecule has 0 heterocycles. The molecule has 2 amide bonds. The third kappa shape index (κ3) is 25.1. The Morgan fingerprint density at radius 2 is 1.76 bits per heavy atom. The molecule has 0 spiro atoms. The van der Waals surface area contributed by atoms with Crippen molar-refractivity contribution in [3.8, 4) is 0 Å². The van der Waals surface area contributed by atoms with E-state index in [-0.39, 0.29) is 18.2 Å². The number of hydrogen-bond acceptors (Lipinski definition) is 6. The number of primary amides is 1. The molecule has 0 aromatic carbocycles. The minimum absolute atomic E-state index is 0.0467. The highest BCUT2D eigenvalue weighted by Gasteiger charge is 1.88. The van der Waals surface area contributed by atoms with Crippen molar-refractivity contribution in [1.29, 1.82) is 0 Å². The summed E-state index contributed by atoms with van der Waals surface area (Å²) in [6, 6.07) is 0. The number of carbonyl (C=O) groups excluding carboxylic acids is 2. The number of nitrogens with one attached hydrogen (secondary N) is 1. The maximum absolute atomic E-state index is 10.2. The largest absolute Gasteiger partial charge is 0.370 e. The Labute approximate surface area is 110 Å². The standard InChI is InChI=1S/C5H8N2OS.C4H6N2OS/c1-5(8)7-3-2-6-4-9;5-4(7)1-2-6-3-8/h2-3H2,1H3,(H,7,8);1-2H2,(H2,5,7). The lowest BCUT2D eigenvalue weighted by molar-refractivity contribution is -0.119. The van der Waals surface area contributed by atoms with Crippen LogP contribution < -0.4 is 11.1 Å². The Morgan fingerprint density at radius 3 is 2.18 bits per heavy atom. The average molecular weight is 274 g/mol. The Bertz CT molecular complexity index is 330. The van der Waals surface area contributed by atoms with Crippen molar-refractivity contribution >= 4 is 46.6 Å². The molecule has 0 atom stereocenters. The van der Waals surface area contributed by atoms with Gasteiger partial charge in [-0.3, -0.25) is 9.59 Å². The van der Waals surface area contributed by atoms with E-state index in [4.69, 9.17) is 5.73 Å². The fourth-order valence-electron chi connectivity index (χ4n) is 0.545. The number of amides is 2. The normalized spacial score (nSPS) is 7.59. The quantitative estimate of drug-likeness (QED) is 0.410. The van der Waals surface area contributed by atoms with E-state index in [1.165, 1.54) is 6.92 Å². The zero-order valence-corrected chi connectivity index (χ0v) is 11.1. The van der Waals surface area contributed by atoms with E-state index < -0.39 is 0 Å². The van der Waals surface area contributed by atoms with E-state index in [1.807, 2.05) is 0 Å². The Kier molecular flexibility index (Phi) is 15.3. The highest BCUT2D eigenvalue weighted by molar-refractivity contribution is 7.78. The first-order valence-electron chi connectivity index (χ1n) is 4.64. The second-order valence-corrected chi connectivity index (χ2v) is 3.01. The van der Waals surface area contributed by atoms with Gasteiger partial charge in [0.1, 0.15) is 0 Å². The average Bonchev–Trinajstić information content (AvgIpc) is 2.25. The number of rotatable bonds is 6. The van der Waals surface area contributed by atoms with Crippen molar-refractivity contribution in [2.45, 2.75) is 13.3 Å². The van der Waals surface area contributed by atoms with Crippen LogP contribution in [0.2, 0.25) is 0 Å². The van der Waals surface area contributed by atoms with E-state index in [0.29, 0.717) is 19.6 Å². The van der Waals surface area contributed by atoms with Gasteiger partial charge in [-0.25, -0.2) is 9.98 Å². The lowest BCUT2D eigenvalue weighted by Crippen LogP contribution is -2.22. The topological polar surface area (TPSA) is 96.9 Å². The van der Waals surface area contributed by atoms with E-state index in [1.54, 1.807) is 0 Å². The molecule has 0 rings (SSSR count). The van der Waals surface area contributed by atoms with Crippen LogP contribution in [-0.4, -0.2) is 41.8 Å². The fraction of sp³-hybridized carbons (Fsp3) is 0.556. The van der Waals surface area contributed by atoms with E-state index in [9.17, 15) is 9.59 Å². The smallest absolute Gasteiger partial charge is 0.219 e. The van der Waals surface area contributed by atoms with Crippen LogP contribution in [0.5, 0.6) is 0 Å². The van der Waals surface area contributed by atoms with Crippen LogP contribution in [0.3, 0.4) is 0 Å². The summed E-state index contributed by atoms with van der Waals surface area (Å²) < 4.78 is 0. The molecule has 0 aliphatic carbocycles. The third-order valence-corrected chi connectivity index (χ3v) is 1.45. The molecule has 0 aromatic rings. The van der Waals surface area contributed by atoms with Crippen molar-refractivity contribution in [3.63, 3.8) is 0 Å². The summed E-state index contributed by atoms with van der Waals surface area (Å²) in [6.45, 7) is 2.88. The summed E-state index contributed by atoms with van der Waals surface area (Å²) in [6.07, 6.45) is 0.254. The molecule has 0 aromatic heterocycles. The predicted molar refractivity (Wildman–Crippen MR) is 72.3 cm³/mol. The molecule has 0 fully saturated rings. The monoisotopic (exact) mass is 274 g/mol. The number of aliphatic imine (C=N–C) groups is 2. The van der Waals surface area contributed by atoms with E-state index in [0.717, 1.165) is 0 Å². The number of hydrogen-bond donors (Lipinski definition) is 2. The maximum Gasteiger partial charge on any atom is 0.219 e. The fourth-order valence-corrected chi connectivity index (χ4v) is 0.728. The summed E-state index contributed by atoms with van der Waals surface area (Å²) in [4.78, 5) is 27.3. The molecular weight excluding hydrogens is 260 g/mol. The van der Waals surface area contributed by atoms with Crippen LogP contribution in [0.4, 0.5) is 0 Å². The molecule has 94 valence electrons. The van der Waals surface area contributed by atoms with Gasteiger partial charge in [0.25, 0.3) is 0 Å². The number of carbonyl (C=O) groups is 2. The first-order chi connectivity index (χ1) is 8.04. The van der Waals surface area contributed by atoms with Crippen LogP contribution in [0, 0.1) is 0 Å². The van der Waals surface area contributed by atoms with Crippen molar-refractivity contribution in [1.82, 2.24) is 5.32 Å². The number of thiocarbonyl (C=S) groups is 2. The zero-order valence-electron chi connectivity index (χ0n) is 9.43. The molecule has 0 saturated heterocycles. The third-order valence-electron chi connectivity index (χ3n) is 1.20. The summed E-state index contributed by atoms with van der Waals surface area (Å²) in [5, 5.41) is 6.88. The first kappa shape index (κ1) is 17.9. The van der Waals surface area contributed by atoms with Gasteiger partial charge >= 0.3 is 0 Å². The summed E-state index contributed by atoms with van der Waals surface area (Å²) >= 11 is 8.54. The van der Waals surface area contributed by atoms with Gasteiger partial charge in [0.05, 0.1) is 23.4 Å². The Hall–Kier alpha value is -1.46. The second kappa shape index (κ2) is 14.5. The van der Waals surface area contributed by atoms with Gasteiger partial charge in [0, 0.05) is 19.9 Å². The summed E-state index contributed by atoms with van der Waals surface area (Å²) in [5.74, 6) is -0.409. The van der Waals surface area contributed by atoms with Gasteiger partial charge in [-0.05, 0) is 24.4 Å². The minimum atomic E-state index is -0.362. The lowest BCUT2D eigenvalue weighted by atomic mass is 10.4. The van der Waals surface area contributed by atoms with Gasteiger partial charge in [0.2, 0.25) is 11.8 Å². The first-order valence-corrected chi connectivity index (χ1v) is 5.46. The minimum Gasteiger partial charge on any atom is -0.370 e. The van der Waals surface area contributed by atoms with Crippen molar-refractivity contribution in [3.05, 3.63) is 0 Å². The SMILES string of the molecule is CC(=O)NCCN=C=S.NC(=O)CCN=C=S. The van der Waals surface area contributed by atoms with E-state index >= 15 is 0 Å². The lowest BCUT2D eigenvalue weighted by Gasteiger charge is -1.93. The van der Waals surface area contributed by atoms with Crippen LogP contribution in [-0.2, 0) is 9.59 Å². The van der Waals surface area contributed by atoms with Gasteiger partial charge in [-0.15, -0.1) is 0 Å². The van der Waals surface area contributed by atoms with Gasteiger partial charge < -0.3 is 11.1 Å². The molecule has 0 unspecified atom stereocenters. The molecule has 0 radical (unpaired) electrons. The van der Waals surface area contributed by atoms with Crippen molar-refractivity contribution in [2.75, 3.05) is 19.6 Å². The second-order valence-electron chi connectivity index (χ2n) is 2.65. The number of nitrogens with zero attached hydrogens (tertiary/aromatic N) is 2. The zero-order chi connectivity index (χ0) is 13.5. The molecule has 6 nitrogen and oxygen atoms in total.